The van der Waals surface area contributed by atoms with Crippen molar-refractivity contribution in [1.29, 1.82) is 0 Å². The number of nitrogens with two attached hydrogens (primary N) is 1. The minimum atomic E-state index is -1.51. The van der Waals surface area contributed by atoms with E-state index in [4.69, 9.17) is 5.73 Å². The van der Waals surface area contributed by atoms with Crippen LogP contribution in [0.25, 0.3) is 0 Å². The Morgan fingerprint density at radius 3 is 2.29 bits per heavy atom. The summed E-state index contributed by atoms with van der Waals surface area (Å²) in [6, 6.07) is -4.27. The number of rotatable bonds is 11. The highest BCUT2D eigenvalue weighted by Crippen LogP contribution is 2.01. The van der Waals surface area contributed by atoms with Gasteiger partial charge >= 0.3 is 5.97 Å². The Hall–Kier alpha value is -3.03. The fraction of sp³-hybridized carbons (Fsp3) is 0.533. The van der Waals surface area contributed by atoms with Gasteiger partial charge in [0.05, 0.1) is 25.6 Å². The lowest BCUT2D eigenvalue weighted by Crippen LogP contribution is -2.59. The molecule has 0 aliphatic carbocycles. The van der Waals surface area contributed by atoms with Crippen molar-refractivity contribution in [3.63, 3.8) is 0 Å². The van der Waals surface area contributed by atoms with Crippen molar-refractivity contribution in [1.82, 2.24) is 25.9 Å². The predicted octanol–water partition coefficient (Wildman–Crippen LogP) is -4.18. The zero-order chi connectivity index (χ0) is 21.3. The number of carboxylic acids is 1. The average Bonchev–Trinajstić information content (AvgIpc) is 3.15. The van der Waals surface area contributed by atoms with Crippen molar-refractivity contribution >= 4 is 23.7 Å². The first-order chi connectivity index (χ1) is 13.2. The van der Waals surface area contributed by atoms with Crippen LogP contribution in [0.3, 0.4) is 0 Å². The Morgan fingerprint density at radius 1 is 1.18 bits per heavy atom. The monoisotopic (exact) mass is 400 g/mol. The highest BCUT2D eigenvalue weighted by Gasteiger charge is 2.31. The number of carboxylic acid groups (broad SMARTS) is 1. The maximum Gasteiger partial charge on any atom is 0.326 e. The van der Waals surface area contributed by atoms with E-state index in [0.29, 0.717) is 5.69 Å². The Balaban J connectivity index is 2.78. The number of carbonyl (C=O) groups is 4. The van der Waals surface area contributed by atoms with Gasteiger partial charge in [0.15, 0.2) is 0 Å². The molecule has 3 amide bonds. The topological polar surface area (TPSA) is 220 Å². The summed E-state index contributed by atoms with van der Waals surface area (Å²) in [5, 5.41) is 34.8. The highest BCUT2D eigenvalue weighted by atomic mass is 16.4. The molecule has 0 fully saturated rings. The molecule has 0 bridgehead atoms. The Kier molecular flexibility index (Phi) is 9.01. The van der Waals surface area contributed by atoms with Crippen LogP contribution in [0.1, 0.15) is 12.6 Å². The van der Waals surface area contributed by atoms with E-state index in [1.165, 1.54) is 19.4 Å². The fourth-order valence-corrected chi connectivity index (χ4v) is 2.18. The number of H-pyrrole nitrogens is 1. The van der Waals surface area contributed by atoms with Gasteiger partial charge in [0, 0.05) is 18.3 Å². The first-order valence-electron chi connectivity index (χ1n) is 8.28. The molecule has 0 aromatic carbocycles. The first kappa shape index (κ1) is 23.0. The normalized spacial score (nSPS) is 15.0. The molecule has 1 heterocycles. The van der Waals surface area contributed by atoms with Crippen molar-refractivity contribution in [3.05, 3.63) is 18.2 Å². The molecule has 1 aromatic heterocycles. The quantitative estimate of drug-likeness (QED) is 0.180. The molecule has 0 saturated heterocycles. The Morgan fingerprint density at radius 2 is 1.82 bits per heavy atom. The molecular formula is C15H24N6O7. The van der Waals surface area contributed by atoms with Gasteiger partial charge in [-0.05, 0) is 6.92 Å². The largest absolute Gasteiger partial charge is 0.480 e. The van der Waals surface area contributed by atoms with Crippen molar-refractivity contribution in [3.8, 4) is 0 Å². The number of nitrogens with one attached hydrogen (secondary N) is 4. The number of aromatic amines is 1. The van der Waals surface area contributed by atoms with Crippen LogP contribution in [0, 0.1) is 0 Å². The summed E-state index contributed by atoms with van der Waals surface area (Å²) in [5.74, 6) is -3.96. The second-order valence-electron chi connectivity index (χ2n) is 5.91. The zero-order valence-corrected chi connectivity index (χ0v) is 15.1. The average molecular weight is 400 g/mol. The predicted molar refractivity (Wildman–Crippen MR) is 93.5 cm³/mol. The van der Waals surface area contributed by atoms with Gasteiger partial charge < -0.3 is 42.0 Å². The second kappa shape index (κ2) is 11.0. The van der Waals surface area contributed by atoms with Crippen LogP contribution in [0.15, 0.2) is 12.5 Å². The van der Waals surface area contributed by atoms with Crippen LogP contribution in [0.4, 0.5) is 0 Å². The maximum atomic E-state index is 12.3. The molecule has 1 aromatic rings. The third-order valence-corrected chi connectivity index (χ3v) is 3.68. The van der Waals surface area contributed by atoms with Gasteiger partial charge in [-0.1, -0.05) is 0 Å². The van der Waals surface area contributed by atoms with Gasteiger partial charge in [-0.2, -0.15) is 0 Å². The first-order valence-corrected chi connectivity index (χ1v) is 8.28. The van der Waals surface area contributed by atoms with E-state index in [9.17, 15) is 34.5 Å². The van der Waals surface area contributed by atoms with Gasteiger partial charge in [-0.3, -0.25) is 14.4 Å². The van der Waals surface area contributed by atoms with Crippen LogP contribution in [-0.4, -0.2) is 86.4 Å². The molecule has 28 heavy (non-hydrogen) atoms. The van der Waals surface area contributed by atoms with Crippen LogP contribution < -0.4 is 21.7 Å². The van der Waals surface area contributed by atoms with E-state index in [1.807, 2.05) is 0 Å². The SMILES string of the molecule is CC(O)C(NC(=O)CN)C(=O)NC(CO)C(=O)NC(Cc1cnc[nH]1)C(=O)O. The van der Waals surface area contributed by atoms with Gasteiger partial charge in [-0.25, -0.2) is 9.78 Å². The summed E-state index contributed by atoms with van der Waals surface area (Å²) >= 11 is 0. The lowest BCUT2D eigenvalue weighted by Gasteiger charge is -2.24. The molecule has 0 aliphatic heterocycles. The van der Waals surface area contributed by atoms with Crippen molar-refractivity contribution < 1.29 is 34.5 Å². The number of aromatic nitrogens is 2. The molecule has 0 spiro atoms. The molecule has 0 radical (unpaired) electrons. The molecule has 0 aliphatic rings. The van der Waals surface area contributed by atoms with E-state index in [0.717, 1.165) is 0 Å². The van der Waals surface area contributed by atoms with Gasteiger partial charge in [0.1, 0.15) is 18.1 Å². The van der Waals surface area contributed by atoms with Gasteiger partial charge in [0.2, 0.25) is 17.7 Å². The molecule has 156 valence electrons. The summed E-state index contributed by atoms with van der Waals surface area (Å²) < 4.78 is 0. The minimum absolute atomic E-state index is 0.101. The molecule has 4 atom stereocenters. The number of nitrogens with zero attached hydrogens (tertiary/aromatic N) is 1. The van der Waals surface area contributed by atoms with E-state index in [-0.39, 0.29) is 6.42 Å². The summed E-state index contributed by atoms with van der Waals surface area (Å²) in [7, 11) is 0. The minimum Gasteiger partial charge on any atom is -0.480 e. The van der Waals surface area contributed by atoms with E-state index >= 15 is 0 Å². The van der Waals surface area contributed by atoms with E-state index < -0.39 is 61.1 Å². The summed E-state index contributed by atoms with van der Waals surface area (Å²) in [6.07, 6.45) is 1.32. The van der Waals surface area contributed by atoms with Crippen LogP contribution in [0.5, 0.6) is 0 Å². The molecule has 9 N–H and O–H groups in total. The fourth-order valence-electron chi connectivity index (χ4n) is 2.18. The van der Waals surface area contributed by atoms with Crippen molar-refractivity contribution in [2.45, 2.75) is 37.6 Å². The number of imidazole rings is 1. The van der Waals surface area contributed by atoms with Crippen LogP contribution in [0.2, 0.25) is 0 Å². The summed E-state index contributed by atoms with van der Waals surface area (Å²) in [6.45, 7) is -0.0282. The third-order valence-electron chi connectivity index (χ3n) is 3.68. The smallest absolute Gasteiger partial charge is 0.326 e. The number of aliphatic hydroxyl groups excluding tert-OH is 2. The lowest BCUT2D eigenvalue weighted by atomic mass is 10.1. The molecule has 4 unspecified atom stereocenters. The van der Waals surface area contributed by atoms with Gasteiger partial charge in [0.25, 0.3) is 0 Å². The standard InChI is InChI=1S/C15H24N6O7/c1-7(23)12(21-11(24)3-16)14(26)20-10(5-22)13(25)19-9(15(27)28)2-8-4-17-6-18-8/h4,6-7,9-10,12,22-23H,2-3,5,16H2,1H3,(H,17,18)(H,19,25)(H,20,26)(H,21,24)(H,27,28). The summed E-state index contributed by atoms with van der Waals surface area (Å²) in [5.41, 5.74) is 5.60. The number of carbonyl (C=O) groups excluding carboxylic acids is 3. The Bertz CT molecular complexity index is 678. The number of amides is 3. The van der Waals surface area contributed by atoms with Crippen molar-refractivity contribution in [2.24, 2.45) is 5.73 Å². The molecule has 1 rings (SSSR count). The van der Waals surface area contributed by atoms with Gasteiger partial charge in [-0.15, -0.1) is 0 Å². The van der Waals surface area contributed by atoms with Crippen LogP contribution in [-0.2, 0) is 25.6 Å². The Labute approximate surface area is 159 Å². The number of aliphatic hydroxyl groups is 2. The second-order valence-corrected chi connectivity index (χ2v) is 5.91. The van der Waals surface area contributed by atoms with Crippen molar-refractivity contribution in [2.75, 3.05) is 13.2 Å². The van der Waals surface area contributed by atoms with Crippen LogP contribution >= 0.6 is 0 Å². The zero-order valence-electron chi connectivity index (χ0n) is 15.1. The molecule has 13 heteroatoms. The third kappa shape index (κ3) is 6.94. The number of hydrogen-bond donors (Lipinski definition) is 8. The number of aliphatic carboxylic acids is 1. The maximum absolute atomic E-state index is 12.3. The number of hydrogen-bond acceptors (Lipinski definition) is 8. The van der Waals surface area contributed by atoms with E-state index in [1.54, 1.807) is 0 Å². The lowest BCUT2D eigenvalue weighted by molar-refractivity contribution is -0.142. The van der Waals surface area contributed by atoms with E-state index in [2.05, 4.69) is 25.9 Å². The highest BCUT2D eigenvalue weighted by molar-refractivity contribution is 5.94. The molecular weight excluding hydrogens is 376 g/mol. The molecule has 0 saturated carbocycles. The molecule has 13 nitrogen and oxygen atoms in total. The summed E-state index contributed by atoms with van der Waals surface area (Å²) in [4.78, 5) is 53.7.